The van der Waals surface area contributed by atoms with Crippen molar-refractivity contribution in [1.29, 1.82) is 0 Å². The number of carbonyl (C=O) groups excluding carboxylic acids is 2. The van der Waals surface area contributed by atoms with Crippen LogP contribution in [0.15, 0.2) is 35.2 Å². The third-order valence-corrected chi connectivity index (χ3v) is 5.70. The Kier molecular flexibility index (Phi) is 7.52. The molecule has 1 aromatic carbocycles. The first-order valence-corrected chi connectivity index (χ1v) is 10.2. The second-order valence-electron chi connectivity index (χ2n) is 6.36. The second kappa shape index (κ2) is 9.63. The fourth-order valence-electron chi connectivity index (χ4n) is 2.46. The number of carbonyl (C=O) groups is 2. The largest absolute Gasteiger partial charge is 0.379 e. The van der Waals surface area contributed by atoms with Crippen LogP contribution in [0.1, 0.15) is 19.4 Å². The number of benzene rings is 1. The first-order valence-electron chi connectivity index (χ1n) is 8.72. The van der Waals surface area contributed by atoms with Crippen LogP contribution in [0, 0.1) is 0 Å². The van der Waals surface area contributed by atoms with Crippen LogP contribution in [0.5, 0.6) is 0 Å². The van der Waals surface area contributed by atoms with Gasteiger partial charge in [-0.15, -0.1) is 0 Å². The van der Waals surface area contributed by atoms with Gasteiger partial charge in [0.05, 0.1) is 24.7 Å². The van der Waals surface area contributed by atoms with Crippen molar-refractivity contribution in [3.05, 3.63) is 35.9 Å². The molecule has 1 aliphatic heterocycles. The molecule has 2 rings (SSSR count). The van der Waals surface area contributed by atoms with Crippen LogP contribution in [0.3, 0.4) is 0 Å². The molecule has 0 radical (unpaired) electrons. The van der Waals surface area contributed by atoms with Crippen LogP contribution < -0.4 is 10.6 Å². The molecule has 148 valence electrons. The predicted molar refractivity (Wildman–Crippen MR) is 101 cm³/mol. The lowest BCUT2D eigenvalue weighted by atomic mass is 10.2. The van der Waals surface area contributed by atoms with E-state index in [0.29, 0.717) is 31.9 Å². The van der Waals surface area contributed by atoms with Crippen LogP contribution in [-0.4, -0.2) is 63.4 Å². The van der Waals surface area contributed by atoms with E-state index < -0.39 is 15.9 Å². The number of sulfonamides is 1. The van der Waals surface area contributed by atoms with Crippen molar-refractivity contribution in [1.82, 2.24) is 14.9 Å². The Morgan fingerprint density at radius 2 is 1.81 bits per heavy atom. The van der Waals surface area contributed by atoms with Crippen molar-refractivity contribution in [2.75, 3.05) is 32.8 Å². The Hall–Kier alpha value is -2.23. The van der Waals surface area contributed by atoms with Gasteiger partial charge in [-0.05, 0) is 37.6 Å². The Morgan fingerprint density at radius 1 is 1.19 bits per heavy atom. The standard InChI is InChI=1S/C18H25N3O5S/c1-14(2)20-18(23)13-19-17(22)8-5-15-3-6-16(7-4-15)27(24,25)21-9-11-26-12-10-21/h3-8,14H,9-13H2,1-2H3,(H,19,22)(H,20,23)/b8-5+. The fourth-order valence-corrected chi connectivity index (χ4v) is 3.87. The molecule has 1 fully saturated rings. The molecule has 9 heteroatoms. The van der Waals surface area contributed by atoms with Crippen LogP contribution in [0.4, 0.5) is 0 Å². The maximum absolute atomic E-state index is 12.5. The van der Waals surface area contributed by atoms with E-state index in [-0.39, 0.29) is 23.4 Å². The maximum atomic E-state index is 12.5. The van der Waals surface area contributed by atoms with Gasteiger partial charge in [-0.25, -0.2) is 8.42 Å². The normalized spacial score (nSPS) is 15.8. The first kappa shape index (κ1) is 21.1. The summed E-state index contributed by atoms with van der Waals surface area (Å²) in [5, 5.41) is 5.16. The van der Waals surface area contributed by atoms with E-state index in [0.717, 1.165) is 0 Å². The molecule has 0 atom stereocenters. The lowest BCUT2D eigenvalue weighted by Crippen LogP contribution is -2.40. The number of nitrogens with one attached hydrogen (secondary N) is 2. The average molecular weight is 395 g/mol. The van der Waals surface area contributed by atoms with Crippen LogP contribution >= 0.6 is 0 Å². The van der Waals surface area contributed by atoms with E-state index in [1.807, 2.05) is 13.8 Å². The van der Waals surface area contributed by atoms with Crippen LogP contribution in [0.2, 0.25) is 0 Å². The number of hydrogen-bond donors (Lipinski definition) is 2. The molecule has 0 spiro atoms. The number of rotatable bonds is 7. The third kappa shape index (κ3) is 6.46. The topological polar surface area (TPSA) is 105 Å². The Bertz CT molecular complexity index is 782. The summed E-state index contributed by atoms with van der Waals surface area (Å²) in [6.07, 6.45) is 2.86. The summed E-state index contributed by atoms with van der Waals surface area (Å²) in [4.78, 5) is 23.4. The summed E-state index contributed by atoms with van der Waals surface area (Å²) < 4.78 is 31.7. The van der Waals surface area contributed by atoms with Gasteiger partial charge in [0.25, 0.3) is 0 Å². The minimum atomic E-state index is -3.53. The van der Waals surface area contributed by atoms with E-state index in [1.165, 1.54) is 22.5 Å². The Balaban J connectivity index is 1.92. The molecule has 1 aliphatic rings. The molecule has 2 N–H and O–H groups in total. The van der Waals surface area contributed by atoms with E-state index in [1.54, 1.807) is 18.2 Å². The van der Waals surface area contributed by atoms with Gasteiger partial charge < -0.3 is 15.4 Å². The van der Waals surface area contributed by atoms with Crippen LogP contribution in [0.25, 0.3) is 6.08 Å². The molecule has 2 amide bonds. The molecule has 0 unspecified atom stereocenters. The monoisotopic (exact) mass is 395 g/mol. The summed E-state index contributed by atoms with van der Waals surface area (Å²) >= 11 is 0. The predicted octanol–water partition coefficient (Wildman–Crippen LogP) is 0.362. The number of morpholine rings is 1. The quantitative estimate of drug-likeness (QED) is 0.649. The lowest BCUT2D eigenvalue weighted by molar-refractivity contribution is -0.124. The zero-order valence-electron chi connectivity index (χ0n) is 15.5. The van der Waals surface area contributed by atoms with E-state index in [9.17, 15) is 18.0 Å². The number of nitrogens with zero attached hydrogens (tertiary/aromatic N) is 1. The SMILES string of the molecule is CC(C)NC(=O)CNC(=O)/C=C/c1ccc(S(=O)(=O)N2CCOCC2)cc1. The van der Waals surface area contributed by atoms with Crippen molar-refractivity contribution in [2.45, 2.75) is 24.8 Å². The molecule has 0 aromatic heterocycles. The van der Waals surface area contributed by atoms with E-state index >= 15 is 0 Å². The molecular weight excluding hydrogens is 370 g/mol. The fraction of sp³-hybridized carbons (Fsp3) is 0.444. The molecular formula is C18H25N3O5S. The molecule has 0 bridgehead atoms. The van der Waals surface area contributed by atoms with Crippen LogP contribution in [-0.2, 0) is 24.3 Å². The molecule has 0 aliphatic carbocycles. The Morgan fingerprint density at radius 3 is 2.41 bits per heavy atom. The number of amides is 2. The smallest absolute Gasteiger partial charge is 0.244 e. The molecule has 1 heterocycles. The van der Waals surface area contributed by atoms with E-state index in [4.69, 9.17) is 4.74 Å². The first-order chi connectivity index (χ1) is 12.8. The van der Waals surface area contributed by atoms with Gasteiger partial charge in [0.1, 0.15) is 0 Å². The highest BCUT2D eigenvalue weighted by Crippen LogP contribution is 2.18. The summed E-state index contributed by atoms with van der Waals surface area (Å²) in [6.45, 7) is 5.04. The van der Waals surface area contributed by atoms with Gasteiger partial charge in [-0.2, -0.15) is 4.31 Å². The van der Waals surface area contributed by atoms with Crippen molar-refractivity contribution < 1.29 is 22.7 Å². The van der Waals surface area contributed by atoms with Crippen molar-refractivity contribution in [3.63, 3.8) is 0 Å². The zero-order valence-corrected chi connectivity index (χ0v) is 16.3. The highest BCUT2D eigenvalue weighted by atomic mass is 32.2. The lowest BCUT2D eigenvalue weighted by Gasteiger charge is -2.26. The van der Waals surface area contributed by atoms with Gasteiger partial charge in [0, 0.05) is 25.2 Å². The van der Waals surface area contributed by atoms with Gasteiger partial charge in [-0.3, -0.25) is 9.59 Å². The average Bonchev–Trinajstić information content (AvgIpc) is 2.65. The molecule has 1 saturated heterocycles. The highest BCUT2D eigenvalue weighted by molar-refractivity contribution is 7.89. The minimum Gasteiger partial charge on any atom is -0.379 e. The van der Waals surface area contributed by atoms with Gasteiger partial charge in [-0.1, -0.05) is 12.1 Å². The summed E-state index contributed by atoms with van der Waals surface area (Å²) in [5.41, 5.74) is 0.678. The number of ether oxygens (including phenoxy) is 1. The maximum Gasteiger partial charge on any atom is 0.244 e. The summed E-state index contributed by atoms with van der Waals surface area (Å²) in [6, 6.07) is 6.29. The van der Waals surface area contributed by atoms with Crippen molar-refractivity contribution >= 4 is 27.9 Å². The highest BCUT2D eigenvalue weighted by Gasteiger charge is 2.25. The minimum absolute atomic E-state index is 0.0113. The second-order valence-corrected chi connectivity index (χ2v) is 8.30. The Labute approximate surface area is 159 Å². The number of hydrogen-bond acceptors (Lipinski definition) is 5. The van der Waals surface area contributed by atoms with E-state index in [2.05, 4.69) is 10.6 Å². The molecule has 27 heavy (non-hydrogen) atoms. The van der Waals surface area contributed by atoms with Gasteiger partial charge in [0.2, 0.25) is 21.8 Å². The van der Waals surface area contributed by atoms with Crippen molar-refractivity contribution in [3.8, 4) is 0 Å². The molecule has 0 saturated carbocycles. The van der Waals surface area contributed by atoms with Gasteiger partial charge in [0.15, 0.2) is 0 Å². The molecule has 8 nitrogen and oxygen atoms in total. The summed E-state index contributed by atoms with van der Waals surface area (Å²) in [5.74, 6) is -0.664. The molecule has 1 aromatic rings. The third-order valence-electron chi connectivity index (χ3n) is 3.79. The van der Waals surface area contributed by atoms with Gasteiger partial charge >= 0.3 is 0 Å². The zero-order chi connectivity index (χ0) is 19.9. The van der Waals surface area contributed by atoms with Crippen molar-refractivity contribution in [2.24, 2.45) is 0 Å². The summed E-state index contributed by atoms with van der Waals surface area (Å²) in [7, 11) is -3.53.